The average molecular weight is 364 g/mol. The zero-order chi connectivity index (χ0) is 19.1. The van der Waals surface area contributed by atoms with E-state index in [0.717, 1.165) is 17.1 Å². The van der Waals surface area contributed by atoms with E-state index in [0.29, 0.717) is 23.8 Å². The van der Waals surface area contributed by atoms with Gasteiger partial charge in [0.2, 0.25) is 0 Å². The fourth-order valence-electron chi connectivity index (χ4n) is 2.43. The highest BCUT2D eigenvalue weighted by Gasteiger charge is 2.07. The Labute approximate surface area is 157 Å². The number of carbonyl (C=O) groups excluding carboxylic acids is 1. The average Bonchev–Trinajstić information content (AvgIpc) is 2.69. The molecule has 27 heavy (non-hydrogen) atoms. The van der Waals surface area contributed by atoms with Crippen molar-refractivity contribution in [2.75, 3.05) is 24.4 Å². The maximum Gasteiger partial charge on any atom is 0.338 e. The second-order valence-electron chi connectivity index (χ2n) is 5.54. The maximum atomic E-state index is 11.7. The molecule has 0 amide bonds. The first kappa shape index (κ1) is 18.2. The van der Waals surface area contributed by atoms with Crippen molar-refractivity contribution in [1.29, 1.82) is 0 Å². The molecule has 0 aliphatic heterocycles. The number of rotatable bonds is 7. The Morgan fingerprint density at radius 2 is 1.70 bits per heavy atom. The van der Waals surface area contributed by atoms with Crippen LogP contribution in [0.15, 0.2) is 60.9 Å². The van der Waals surface area contributed by atoms with Crippen LogP contribution in [0.25, 0.3) is 0 Å². The fourth-order valence-corrected chi connectivity index (χ4v) is 2.43. The quantitative estimate of drug-likeness (QED) is 0.609. The number of methoxy groups -OCH3 is 1. The molecule has 2 N–H and O–H groups in total. The summed E-state index contributed by atoms with van der Waals surface area (Å²) in [6, 6.07) is 16.4. The van der Waals surface area contributed by atoms with Gasteiger partial charge >= 0.3 is 5.97 Å². The number of aromatic nitrogens is 2. The van der Waals surface area contributed by atoms with Gasteiger partial charge in [-0.05, 0) is 43.3 Å². The van der Waals surface area contributed by atoms with E-state index in [-0.39, 0.29) is 5.97 Å². The number of esters is 1. The molecule has 1 aromatic heterocycles. The van der Waals surface area contributed by atoms with Crippen LogP contribution < -0.4 is 15.4 Å². The number of para-hydroxylation sites is 2. The molecule has 0 aliphatic carbocycles. The lowest BCUT2D eigenvalue weighted by molar-refractivity contribution is 0.0526. The number of ether oxygens (including phenoxy) is 2. The zero-order valence-corrected chi connectivity index (χ0v) is 15.1. The smallest absolute Gasteiger partial charge is 0.338 e. The van der Waals surface area contributed by atoms with Gasteiger partial charge < -0.3 is 20.1 Å². The first-order chi connectivity index (χ1) is 13.2. The SMILES string of the molecule is CCOC(=O)c1ccc(Nc2cc(Nc3ccccc3OC)ncn2)cc1. The molecule has 0 radical (unpaired) electrons. The van der Waals surface area contributed by atoms with Crippen molar-refractivity contribution in [2.24, 2.45) is 0 Å². The van der Waals surface area contributed by atoms with Crippen molar-refractivity contribution < 1.29 is 14.3 Å². The standard InChI is InChI=1S/C20H20N4O3/c1-3-27-20(25)14-8-10-15(11-9-14)23-18-12-19(22-13-21-18)24-16-6-4-5-7-17(16)26-2/h4-13H,3H2,1-2H3,(H2,21,22,23,24). The Morgan fingerprint density at radius 3 is 2.41 bits per heavy atom. The molecule has 138 valence electrons. The molecule has 1 heterocycles. The second kappa shape index (κ2) is 8.66. The predicted octanol–water partition coefficient (Wildman–Crippen LogP) is 4.15. The van der Waals surface area contributed by atoms with Crippen LogP contribution >= 0.6 is 0 Å². The van der Waals surface area contributed by atoms with Crippen LogP contribution in [-0.4, -0.2) is 29.7 Å². The maximum absolute atomic E-state index is 11.7. The summed E-state index contributed by atoms with van der Waals surface area (Å²) in [4.78, 5) is 20.2. The summed E-state index contributed by atoms with van der Waals surface area (Å²) in [5, 5.41) is 6.39. The molecule has 0 spiro atoms. The highest BCUT2D eigenvalue weighted by Crippen LogP contribution is 2.27. The molecule has 7 nitrogen and oxygen atoms in total. The summed E-state index contributed by atoms with van der Waals surface area (Å²) in [6.45, 7) is 2.13. The molecule has 0 atom stereocenters. The van der Waals surface area contributed by atoms with E-state index in [4.69, 9.17) is 9.47 Å². The summed E-state index contributed by atoms with van der Waals surface area (Å²) in [6.07, 6.45) is 1.47. The first-order valence-electron chi connectivity index (χ1n) is 8.46. The Morgan fingerprint density at radius 1 is 1.00 bits per heavy atom. The van der Waals surface area contributed by atoms with Crippen molar-refractivity contribution in [2.45, 2.75) is 6.92 Å². The number of nitrogens with zero attached hydrogens (tertiary/aromatic N) is 2. The summed E-state index contributed by atoms with van der Waals surface area (Å²) in [5.74, 6) is 1.63. The molecule has 0 saturated heterocycles. The molecular formula is C20H20N4O3. The molecule has 3 rings (SSSR count). The largest absolute Gasteiger partial charge is 0.495 e. The van der Waals surface area contributed by atoms with Crippen molar-refractivity contribution in [3.8, 4) is 5.75 Å². The van der Waals surface area contributed by atoms with Crippen LogP contribution in [0.4, 0.5) is 23.0 Å². The Kier molecular flexibility index (Phi) is 5.84. The third-order valence-electron chi connectivity index (χ3n) is 3.71. The molecule has 3 aromatic rings. The molecular weight excluding hydrogens is 344 g/mol. The zero-order valence-electron chi connectivity index (χ0n) is 15.1. The Hall–Kier alpha value is -3.61. The van der Waals surface area contributed by atoms with Crippen LogP contribution in [0.5, 0.6) is 5.75 Å². The lowest BCUT2D eigenvalue weighted by Crippen LogP contribution is -2.04. The molecule has 7 heteroatoms. The van der Waals surface area contributed by atoms with Gasteiger partial charge in [0.15, 0.2) is 0 Å². The van der Waals surface area contributed by atoms with Crippen LogP contribution in [0, 0.1) is 0 Å². The summed E-state index contributed by atoms with van der Waals surface area (Å²) in [7, 11) is 1.62. The number of anilines is 4. The van der Waals surface area contributed by atoms with E-state index in [1.54, 1.807) is 44.4 Å². The number of nitrogens with one attached hydrogen (secondary N) is 2. The van der Waals surface area contributed by atoms with Crippen LogP contribution in [-0.2, 0) is 4.74 Å². The number of benzene rings is 2. The van der Waals surface area contributed by atoms with E-state index < -0.39 is 0 Å². The minimum absolute atomic E-state index is 0.339. The van der Waals surface area contributed by atoms with Gasteiger partial charge in [-0.3, -0.25) is 0 Å². The topological polar surface area (TPSA) is 85.4 Å². The van der Waals surface area contributed by atoms with E-state index in [1.807, 2.05) is 24.3 Å². The molecule has 0 aliphatic rings. The lowest BCUT2D eigenvalue weighted by atomic mass is 10.2. The number of hydrogen-bond donors (Lipinski definition) is 2. The van der Waals surface area contributed by atoms with Crippen LogP contribution in [0.2, 0.25) is 0 Å². The van der Waals surface area contributed by atoms with Gasteiger partial charge in [0.25, 0.3) is 0 Å². The van der Waals surface area contributed by atoms with Gasteiger partial charge in [-0.15, -0.1) is 0 Å². The third-order valence-corrected chi connectivity index (χ3v) is 3.71. The summed E-state index contributed by atoms with van der Waals surface area (Å²) < 4.78 is 10.3. The third kappa shape index (κ3) is 4.72. The molecule has 2 aromatic carbocycles. The van der Waals surface area contributed by atoms with Crippen molar-refractivity contribution in [3.05, 3.63) is 66.5 Å². The predicted molar refractivity (Wildman–Crippen MR) is 104 cm³/mol. The van der Waals surface area contributed by atoms with Crippen molar-refractivity contribution in [3.63, 3.8) is 0 Å². The lowest BCUT2D eigenvalue weighted by Gasteiger charge is -2.11. The van der Waals surface area contributed by atoms with Gasteiger partial charge in [0, 0.05) is 11.8 Å². The molecule has 0 fully saturated rings. The minimum atomic E-state index is -0.339. The minimum Gasteiger partial charge on any atom is -0.495 e. The summed E-state index contributed by atoms with van der Waals surface area (Å²) >= 11 is 0. The van der Waals surface area contributed by atoms with Gasteiger partial charge in [0.1, 0.15) is 23.7 Å². The molecule has 0 unspecified atom stereocenters. The van der Waals surface area contributed by atoms with Gasteiger partial charge in [-0.1, -0.05) is 12.1 Å². The van der Waals surface area contributed by atoms with E-state index in [2.05, 4.69) is 20.6 Å². The summed E-state index contributed by atoms with van der Waals surface area (Å²) in [5.41, 5.74) is 2.11. The van der Waals surface area contributed by atoms with Gasteiger partial charge in [0.05, 0.1) is 25.0 Å². The fraction of sp³-hybridized carbons (Fsp3) is 0.150. The highest BCUT2D eigenvalue weighted by molar-refractivity contribution is 5.89. The van der Waals surface area contributed by atoms with Crippen LogP contribution in [0.3, 0.4) is 0 Å². The van der Waals surface area contributed by atoms with Gasteiger partial charge in [-0.25, -0.2) is 14.8 Å². The number of hydrogen-bond acceptors (Lipinski definition) is 7. The highest BCUT2D eigenvalue weighted by atomic mass is 16.5. The number of carbonyl (C=O) groups is 1. The first-order valence-corrected chi connectivity index (χ1v) is 8.46. The monoisotopic (exact) mass is 364 g/mol. The Balaban J connectivity index is 1.71. The van der Waals surface area contributed by atoms with Crippen molar-refractivity contribution >= 4 is 29.0 Å². The van der Waals surface area contributed by atoms with E-state index in [9.17, 15) is 4.79 Å². The van der Waals surface area contributed by atoms with Crippen LogP contribution in [0.1, 0.15) is 17.3 Å². The van der Waals surface area contributed by atoms with Gasteiger partial charge in [-0.2, -0.15) is 0 Å². The molecule has 0 saturated carbocycles. The normalized spacial score (nSPS) is 10.1. The molecule has 0 bridgehead atoms. The van der Waals surface area contributed by atoms with Crippen molar-refractivity contribution in [1.82, 2.24) is 9.97 Å². The van der Waals surface area contributed by atoms with E-state index in [1.165, 1.54) is 6.33 Å². The Bertz CT molecular complexity index is 913. The second-order valence-corrected chi connectivity index (χ2v) is 5.54. The van der Waals surface area contributed by atoms with E-state index >= 15 is 0 Å².